The van der Waals surface area contributed by atoms with Crippen LogP contribution in [0.4, 0.5) is 0 Å². The van der Waals surface area contributed by atoms with Crippen LogP contribution in [-0.2, 0) is 30.2 Å². The van der Waals surface area contributed by atoms with E-state index in [0.29, 0.717) is 118 Å². The molecular formula is C71H90N10O8S. The number of aromatic nitrogens is 3. The molecule has 478 valence electrons. The van der Waals surface area contributed by atoms with Crippen molar-refractivity contribution in [3.05, 3.63) is 111 Å². The first-order valence-corrected chi connectivity index (χ1v) is 33.0. The van der Waals surface area contributed by atoms with Gasteiger partial charge in [-0.15, -0.1) is 11.3 Å². The van der Waals surface area contributed by atoms with Crippen molar-refractivity contribution >= 4 is 34.4 Å². The Labute approximate surface area is 536 Å². The number of aliphatic imine (C=N–C) groups is 1. The predicted molar refractivity (Wildman–Crippen MR) is 351 cm³/mol. The van der Waals surface area contributed by atoms with E-state index in [0.717, 1.165) is 80.6 Å². The maximum Gasteiger partial charge on any atom is 0.176 e. The molecule has 0 bridgehead atoms. The van der Waals surface area contributed by atoms with Gasteiger partial charge in [0, 0.05) is 93.1 Å². The van der Waals surface area contributed by atoms with Crippen LogP contribution in [0.2, 0.25) is 0 Å². The number of allylic oxidation sites excluding steroid dienone is 1. The Morgan fingerprint density at radius 3 is 2.23 bits per heavy atom. The Morgan fingerprint density at radius 2 is 1.59 bits per heavy atom. The van der Waals surface area contributed by atoms with Gasteiger partial charge in [0.2, 0.25) is 0 Å². The van der Waals surface area contributed by atoms with Crippen molar-refractivity contribution in [2.45, 2.75) is 137 Å². The lowest BCUT2D eigenvalue weighted by molar-refractivity contribution is -0.217. The highest BCUT2D eigenvalue weighted by atomic mass is 32.1. The van der Waals surface area contributed by atoms with E-state index in [1.165, 1.54) is 29.5 Å². The molecule has 6 N–H and O–H groups in total. The van der Waals surface area contributed by atoms with Crippen molar-refractivity contribution in [3.63, 3.8) is 0 Å². The standard InChI is InChI=1S/C50H66N8O8.C21H24N2S/c1-47(2)29-62-43(63-30-47)23-52-21-39(45-42(66-38-9-10-38)16-34(19-55-45)7-5-13-54-36-25-60-26-36)48(3,4)31-61-41-15-35(8-6-14-58-27-50(28-58)17-37(59)18-50)20-56-46(41)40(57-51)22-53-24-44-64-32-49(11-12-49)33-65-44;1-15(2)21(12-22-11-19-13-24-14-23-19)20-9-8-18(10-16(20)3)7-6-17-4-5-17/h15-16,19-22,36-38,43-44,52,54,59H,9-14,17-18,23-33,51H2,1-4H3;8-10,12-15,17,22H,4-5,11H2,1-3H3/b39-21-,53-22?,57-40+;21-12+. The Morgan fingerprint density at radius 1 is 0.867 bits per heavy atom. The largest absolute Gasteiger partial charge is 0.490 e. The minimum atomic E-state index is -0.676. The van der Waals surface area contributed by atoms with E-state index in [4.69, 9.17) is 49.0 Å². The Balaban J connectivity index is 0.000000290. The van der Waals surface area contributed by atoms with Crippen LogP contribution in [0.5, 0.6) is 11.5 Å². The van der Waals surface area contributed by atoms with Gasteiger partial charge in [-0.25, -0.2) is 9.97 Å². The lowest BCUT2D eigenvalue weighted by atomic mass is 9.62. The minimum absolute atomic E-state index is 0.0461. The summed E-state index contributed by atoms with van der Waals surface area (Å²) in [4.78, 5) is 21.1. The zero-order chi connectivity index (χ0) is 62.7. The number of nitrogens with two attached hydrogens (primary N) is 1. The van der Waals surface area contributed by atoms with E-state index in [1.54, 1.807) is 29.9 Å². The highest BCUT2D eigenvalue weighted by Gasteiger charge is 2.51. The third-order valence-corrected chi connectivity index (χ3v) is 18.1. The average Bonchev–Trinajstić information content (AvgIpc) is 1.21. The van der Waals surface area contributed by atoms with E-state index in [2.05, 4.69) is 150 Å². The molecule has 19 heteroatoms. The van der Waals surface area contributed by atoms with Crippen LogP contribution in [0.1, 0.15) is 138 Å². The summed E-state index contributed by atoms with van der Waals surface area (Å²) < 4.78 is 42.7. The van der Waals surface area contributed by atoms with E-state index < -0.39 is 18.0 Å². The number of hydrogen-bond donors (Lipinski definition) is 5. The molecule has 90 heavy (non-hydrogen) atoms. The zero-order valence-corrected chi connectivity index (χ0v) is 54.3. The monoisotopic (exact) mass is 1240 g/mol. The molecule has 4 aromatic rings. The summed E-state index contributed by atoms with van der Waals surface area (Å²) in [6.45, 7) is 23.9. The minimum Gasteiger partial charge on any atom is -0.490 e. The third-order valence-electron chi connectivity index (χ3n) is 17.4. The van der Waals surface area contributed by atoms with E-state index in [-0.39, 0.29) is 35.1 Å². The highest BCUT2D eigenvalue weighted by Crippen LogP contribution is 2.49. The summed E-state index contributed by atoms with van der Waals surface area (Å²) in [6.07, 6.45) is 16.9. The summed E-state index contributed by atoms with van der Waals surface area (Å²) >= 11 is 1.63. The number of nitrogens with one attached hydrogen (secondary N) is 3. The Bertz CT molecular complexity index is 3420. The number of hydrazone groups is 1. The molecule has 12 rings (SSSR count). The number of rotatable bonds is 22. The van der Waals surface area contributed by atoms with Crippen molar-refractivity contribution < 1.29 is 38.3 Å². The van der Waals surface area contributed by atoms with Gasteiger partial charge in [0.25, 0.3) is 0 Å². The fourth-order valence-corrected chi connectivity index (χ4v) is 11.9. The molecule has 4 aliphatic heterocycles. The molecule has 7 heterocycles. The van der Waals surface area contributed by atoms with E-state index in [9.17, 15) is 5.11 Å². The van der Waals surface area contributed by atoms with Gasteiger partial charge in [0.15, 0.2) is 12.6 Å². The number of likely N-dealkylation sites (tertiary alicyclic amines) is 1. The maximum atomic E-state index is 9.85. The third kappa shape index (κ3) is 18.1. The number of nitrogens with zero attached hydrogens (tertiary/aromatic N) is 6. The van der Waals surface area contributed by atoms with Crippen LogP contribution in [-0.4, -0.2) is 153 Å². The van der Waals surface area contributed by atoms with Gasteiger partial charge in [0.1, 0.15) is 28.6 Å². The van der Waals surface area contributed by atoms with Crippen molar-refractivity contribution in [1.82, 2.24) is 35.8 Å². The molecule has 0 radical (unpaired) electrons. The molecule has 18 nitrogen and oxygen atoms in total. The summed E-state index contributed by atoms with van der Waals surface area (Å²) in [7, 11) is 0. The summed E-state index contributed by atoms with van der Waals surface area (Å²) in [5, 5.41) is 26.3. The predicted octanol–water partition coefficient (Wildman–Crippen LogP) is 8.49. The Kier molecular flexibility index (Phi) is 21.1. The topological polar surface area (TPSA) is 214 Å². The maximum absolute atomic E-state index is 9.85. The number of benzene rings is 1. The van der Waals surface area contributed by atoms with Crippen LogP contribution in [0.15, 0.2) is 76.1 Å². The molecule has 3 aromatic heterocycles. The molecule has 1 aromatic carbocycles. The molecule has 0 atom stereocenters. The van der Waals surface area contributed by atoms with Gasteiger partial charge in [-0.05, 0) is 105 Å². The second-order valence-corrected chi connectivity index (χ2v) is 28.2. The van der Waals surface area contributed by atoms with Crippen LogP contribution >= 0.6 is 11.3 Å². The average molecular weight is 1240 g/mol. The molecular weight excluding hydrogens is 1150 g/mol. The van der Waals surface area contributed by atoms with Gasteiger partial charge in [0.05, 0.1) is 115 Å². The van der Waals surface area contributed by atoms with Crippen LogP contribution in [0, 0.1) is 75.9 Å². The Hall–Kier alpha value is -6.67. The zero-order valence-electron chi connectivity index (χ0n) is 53.5. The molecule has 8 fully saturated rings. The molecule has 4 saturated heterocycles. The fourth-order valence-electron chi connectivity index (χ4n) is 11.4. The van der Waals surface area contributed by atoms with Gasteiger partial charge < -0.3 is 54.7 Å². The van der Waals surface area contributed by atoms with E-state index >= 15 is 0 Å². The second kappa shape index (κ2) is 29.3. The van der Waals surface area contributed by atoms with Crippen LogP contribution < -0.4 is 31.3 Å². The molecule has 8 aliphatic rings. The summed E-state index contributed by atoms with van der Waals surface area (Å²) in [6, 6.07) is 10.8. The first-order chi connectivity index (χ1) is 43.5. The van der Waals surface area contributed by atoms with Crippen molar-refractivity contribution in [2.75, 3.05) is 85.5 Å². The molecule has 4 saturated carbocycles. The molecule has 0 amide bonds. The fraction of sp³-hybridized carbons (Fsp3) is 0.563. The van der Waals surface area contributed by atoms with Crippen LogP contribution in [0.25, 0.3) is 11.1 Å². The van der Waals surface area contributed by atoms with E-state index in [1.807, 2.05) is 23.8 Å². The summed E-state index contributed by atoms with van der Waals surface area (Å²) in [5.74, 6) is 28.0. The number of hydrogen-bond acceptors (Lipinski definition) is 19. The second-order valence-electron chi connectivity index (χ2n) is 27.5. The first kappa shape index (κ1) is 64.8. The SMILES string of the molecule is CC1(C)COC(CN/C=C(/c2ncc(C#CCNC3COC3)cc2OC2CC2)C(C)(C)COc2cc(C#CCN3CC4(CC(O)C4)C3)cnc2/C(C=NCC2OCC3(CC3)CO2)=N/N)OC1.Cc1cc(C#CC2CC2)ccc1/C(=C/NCc1cscn1)C(C)C. The smallest absolute Gasteiger partial charge is 0.176 e. The number of pyridine rings is 2. The molecule has 4 aliphatic carbocycles. The highest BCUT2D eigenvalue weighted by molar-refractivity contribution is 7.07. The number of aryl methyl sites for hydroxylation is 1. The van der Waals surface area contributed by atoms with Gasteiger partial charge in [-0.1, -0.05) is 83.1 Å². The number of aliphatic hydroxyl groups excluding tert-OH is 1. The molecule has 0 unspecified atom stereocenters. The number of thiazole rings is 1. The van der Waals surface area contributed by atoms with Gasteiger partial charge >= 0.3 is 0 Å². The normalized spacial score (nSPS) is 21.5. The van der Waals surface area contributed by atoms with Crippen molar-refractivity contribution in [1.29, 1.82) is 0 Å². The quantitative estimate of drug-likeness (QED) is 0.0216. The number of ether oxygens (including phenoxy) is 7. The van der Waals surface area contributed by atoms with Crippen molar-refractivity contribution in [2.24, 2.45) is 49.4 Å². The van der Waals surface area contributed by atoms with Gasteiger partial charge in [-0.2, -0.15) is 5.10 Å². The lowest BCUT2D eigenvalue weighted by Crippen LogP contribution is -2.63. The first-order valence-electron chi connectivity index (χ1n) is 32.1. The van der Waals surface area contributed by atoms with Crippen LogP contribution in [0.3, 0.4) is 0 Å². The van der Waals surface area contributed by atoms with Gasteiger partial charge in [-0.3, -0.25) is 20.2 Å². The lowest BCUT2D eigenvalue weighted by Gasteiger charge is -2.57. The molecule has 2 spiro atoms. The number of aliphatic hydroxyl groups is 1. The summed E-state index contributed by atoms with van der Waals surface area (Å²) in [5.41, 5.74) is 11.5. The van der Waals surface area contributed by atoms with Crippen molar-refractivity contribution in [3.8, 4) is 47.0 Å².